The number of hydrogen-bond acceptors (Lipinski definition) is 6. The van der Waals surface area contributed by atoms with Crippen LogP contribution in [0.3, 0.4) is 0 Å². The van der Waals surface area contributed by atoms with Crippen LogP contribution in [0.5, 0.6) is 0 Å². The lowest BCUT2D eigenvalue weighted by atomic mass is 10.1. The summed E-state index contributed by atoms with van der Waals surface area (Å²) in [6.07, 6.45) is 40.8. The number of rotatable bonds is 39. The Morgan fingerprint density at radius 2 is 0.660 bits per heavy atom. The van der Waals surface area contributed by atoms with Gasteiger partial charge in [-0.3, -0.25) is 14.4 Å². The first-order chi connectivity index (χ1) is 24.5. The van der Waals surface area contributed by atoms with Crippen molar-refractivity contribution in [2.75, 3.05) is 13.2 Å². The van der Waals surface area contributed by atoms with E-state index in [1.807, 2.05) is 0 Å². The van der Waals surface area contributed by atoms with E-state index < -0.39 is 6.10 Å². The van der Waals surface area contributed by atoms with Gasteiger partial charge in [-0.05, 0) is 44.9 Å². The van der Waals surface area contributed by atoms with Crippen LogP contribution in [0.2, 0.25) is 0 Å². The van der Waals surface area contributed by atoms with Crippen LogP contribution in [0.15, 0.2) is 12.2 Å². The normalized spacial score (nSPS) is 12.0. The molecule has 0 aromatic carbocycles. The van der Waals surface area contributed by atoms with Gasteiger partial charge in [-0.1, -0.05) is 181 Å². The molecule has 6 heteroatoms. The maximum atomic E-state index is 12.6. The summed E-state index contributed by atoms with van der Waals surface area (Å²) >= 11 is 0. The second-order valence-corrected chi connectivity index (χ2v) is 14.6. The van der Waals surface area contributed by atoms with E-state index in [4.69, 9.17) is 14.2 Å². The fourth-order valence-corrected chi connectivity index (χ4v) is 6.20. The second-order valence-electron chi connectivity index (χ2n) is 14.6. The number of allylic oxidation sites excluding steroid dienone is 2. The van der Waals surface area contributed by atoms with Crippen molar-refractivity contribution < 1.29 is 28.6 Å². The molecular weight excluding hydrogens is 624 g/mol. The van der Waals surface area contributed by atoms with E-state index >= 15 is 0 Å². The zero-order valence-electron chi connectivity index (χ0n) is 33.4. The van der Waals surface area contributed by atoms with Crippen molar-refractivity contribution in [3.05, 3.63) is 12.2 Å². The van der Waals surface area contributed by atoms with E-state index in [2.05, 4.69) is 32.9 Å². The van der Waals surface area contributed by atoms with Crippen molar-refractivity contribution in [1.29, 1.82) is 0 Å². The van der Waals surface area contributed by atoms with Gasteiger partial charge in [0.1, 0.15) is 13.2 Å². The predicted molar refractivity (Wildman–Crippen MR) is 210 cm³/mol. The average Bonchev–Trinajstić information content (AvgIpc) is 3.11. The fourth-order valence-electron chi connectivity index (χ4n) is 6.20. The zero-order valence-corrected chi connectivity index (χ0v) is 33.4. The number of hydrogen-bond donors (Lipinski definition) is 0. The summed E-state index contributed by atoms with van der Waals surface area (Å²) in [4.78, 5) is 37.3. The van der Waals surface area contributed by atoms with Crippen LogP contribution in [0.25, 0.3) is 0 Å². The van der Waals surface area contributed by atoms with Gasteiger partial charge in [0.05, 0.1) is 0 Å². The molecule has 0 fully saturated rings. The average molecular weight is 707 g/mol. The lowest BCUT2D eigenvalue weighted by Gasteiger charge is -2.18. The van der Waals surface area contributed by atoms with Crippen molar-refractivity contribution >= 4 is 17.9 Å². The number of carbonyl (C=O) groups excluding carboxylic acids is 3. The van der Waals surface area contributed by atoms with E-state index in [9.17, 15) is 14.4 Å². The van der Waals surface area contributed by atoms with Crippen LogP contribution in [-0.2, 0) is 28.6 Å². The molecule has 0 aliphatic rings. The predicted octanol–water partition coefficient (Wildman–Crippen LogP) is 13.5. The van der Waals surface area contributed by atoms with Crippen LogP contribution in [0, 0.1) is 0 Å². The lowest BCUT2D eigenvalue weighted by Crippen LogP contribution is -2.30. The number of unbranched alkanes of at least 4 members (excludes halogenated alkanes) is 26. The summed E-state index contributed by atoms with van der Waals surface area (Å²) in [5.74, 6) is -0.884. The van der Waals surface area contributed by atoms with Gasteiger partial charge < -0.3 is 14.2 Å². The first-order valence-corrected chi connectivity index (χ1v) is 21.7. The maximum Gasteiger partial charge on any atom is 0.306 e. The van der Waals surface area contributed by atoms with Crippen LogP contribution in [-0.4, -0.2) is 37.2 Å². The Hall–Kier alpha value is -1.85. The fraction of sp³-hybridized carbons (Fsp3) is 0.886. The smallest absolute Gasteiger partial charge is 0.306 e. The second kappa shape index (κ2) is 39.9. The molecule has 6 nitrogen and oxygen atoms in total. The van der Waals surface area contributed by atoms with Crippen LogP contribution in [0.4, 0.5) is 0 Å². The third kappa shape index (κ3) is 37.4. The monoisotopic (exact) mass is 707 g/mol. The summed E-state index contributed by atoms with van der Waals surface area (Å²) < 4.78 is 16.6. The van der Waals surface area contributed by atoms with Crippen LogP contribution >= 0.6 is 0 Å². The van der Waals surface area contributed by atoms with E-state index in [-0.39, 0.29) is 31.1 Å². The molecule has 0 aromatic heterocycles. The van der Waals surface area contributed by atoms with Gasteiger partial charge in [-0.15, -0.1) is 0 Å². The Labute approximate surface area is 310 Å². The van der Waals surface area contributed by atoms with Crippen molar-refractivity contribution in [3.8, 4) is 0 Å². The molecule has 0 rings (SSSR count). The van der Waals surface area contributed by atoms with Crippen molar-refractivity contribution in [2.24, 2.45) is 0 Å². The third-order valence-electron chi connectivity index (χ3n) is 9.52. The number of esters is 3. The summed E-state index contributed by atoms with van der Waals surface area (Å²) in [5, 5.41) is 0. The molecule has 1 unspecified atom stereocenters. The largest absolute Gasteiger partial charge is 0.462 e. The molecule has 0 N–H and O–H groups in total. The van der Waals surface area contributed by atoms with Gasteiger partial charge in [0.15, 0.2) is 6.10 Å². The minimum atomic E-state index is -0.760. The van der Waals surface area contributed by atoms with Gasteiger partial charge in [0, 0.05) is 19.3 Å². The Morgan fingerprint density at radius 1 is 0.380 bits per heavy atom. The molecule has 0 aromatic rings. The highest BCUT2D eigenvalue weighted by atomic mass is 16.6. The first-order valence-electron chi connectivity index (χ1n) is 21.7. The summed E-state index contributed by atoms with van der Waals surface area (Å²) in [5.41, 5.74) is 0. The Kier molecular flexibility index (Phi) is 38.5. The molecular formula is C44H82O6. The number of ether oxygens (including phenoxy) is 3. The molecule has 0 aliphatic carbocycles. The Bertz CT molecular complexity index is 778. The standard InChI is InChI=1S/C44H82O6/c1-4-7-10-13-16-18-19-20-21-22-23-24-25-26-27-29-31-34-37-43(46)49-40-41(39-48-42(45)36-33-30-15-12-9-6-3)50-44(47)38-35-32-28-17-14-11-8-5-2/h21-22,41H,4-20,23-40H2,1-3H3/b22-21-. The van der Waals surface area contributed by atoms with Crippen molar-refractivity contribution in [2.45, 2.75) is 239 Å². The molecule has 0 radical (unpaired) electrons. The quantitative estimate of drug-likeness (QED) is 0.0274. The molecule has 0 bridgehead atoms. The van der Waals surface area contributed by atoms with E-state index in [1.165, 1.54) is 135 Å². The maximum absolute atomic E-state index is 12.6. The van der Waals surface area contributed by atoms with Crippen molar-refractivity contribution in [1.82, 2.24) is 0 Å². The Morgan fingerprint density at radius 3 is 1.00 bits per heavy atom. The molecule has 0 saturated heterocycles. The number of carbonyl (C=O) groups is 3. The summed E-state index contributed by atoms with van der Waals surface area (Å²) in [6, 6.07) is 0. The minimum Gasteiger partial charge on any atom is -0.462 e. The SMILES string of the molecule is CCCCCCCCC/C=C\CCCCCCCCCC(=O)OCC(COC(=O)CCCCCCCC)OC(=O)CCCCCCCCCC. The molecule has 0 heterocycles. The van der Waals surface area contributed by atoms with Gasteiger partial charge in [0.25, 0.3) is 0 Å². The van der Waals surface area contributed by atoms with Gasteiger partial charge in [0.2, 0.25) is 0 Å². The Balaban J connectivity index is 4.15. The molecule has 0 amide bonds. The van der Waals surface area contributed by atoms with E-state index in [1.54, 1.807) is 0 Å². The molecule has 0 spiro atoms. The van der Waals surface area contributed by atoms with Crippen molar-refractivity contribution in [3.63, 3.8) is 0 Å². The minimum absolute atomic E-state index is 0.0693. The highest BCUT2D eigenvalue weighted by molar-refractivity contribution is 5.71. The lowest BCUT2D eigenvalue weighted by molar-refractivity contribution is -0.167. The van der Waals surface area contributed by atoms with Gasteiger partial charge in [-0.2, -0.15) is 0 Å². The molecule has 0 saturated carbocycles. The molecule has 50 heavy (non-hydrogen) atoms. The van der Waals surface area contributed by atoms with Crippen LogP contribution < -0.4 is 0 Å². The highest BCUT2D eigenvalue weighted by Gasteiger charge is 2.19. The van der Waals surface area contributed by atoms with Crippen LogP contribution in [0.1, 0.15) is 233 Å². The van der Waals surface area contributed by atoms with Gasteiger partial charge in [-0.25, -0.2) is 0 Å². The molecule has 0 aliphatic heterocycles. The highest BCUT2D eigenvalue weighted by Crippen LogP contribution is 2.14. The summed E-state index contributed by atoms with van der Waals surface area (Å²) in [7, 11) is 0. The molecule has 294 valence electrons. The first kappa shape index (κ1) is 48.1. The third-order valence-corrected chi connectivity index (χ3v) is 9.52. The van der Waals surface area contributed by atoms with E-state index in [0.29, 0.717) is 19.3 Å². The van der Waals surface area contributed by atoms with Gasteiger partial charge >= 0.3 is 17.9 Å². The molecule has 1 atom stereocenters. The topological polar surface area (TPSA) is 78.9 Å². The summed E-state index contributed by atoms with van der Waals surface area (Å²) in [6.45, 7) is 6.54. The van der Waals surface area contributed by atoms with E-state index in [0.717, 1.165) is 57.8 Å². The zero-order chi connectivity index (χ0) is 36.6.